The van der Waals surface area contributed by atoms with Gasteiger partial charge in [0.2, 0.25) is 0 Å². The van der Waals surface area contributed by atoms with Gasteiger partial charge in [-0.3, -0.25) is 4.79 Å². The number of amides is 1. The molecule has 1 fully saturated rings. The fraction of sp³-hybridized carbons (Fsp3) is 0.235. The molecule has 0 aliphatic carbocycles. The lowest BCUT2D eigenvalue weighted by molar-refractivity contribution is 0.102. The second-order valence-electron chi connectivity index (χ2n) is 5.66. The number of anilines is 3. The zero-order chi connectivity index (χ0) is 17.3. The van der Waals surface area contributed by atoms with Crippen molar-refractivity contribution in [3.8, 4) is 0 Å². The molecule has 0 aromatic heterocycles. The molecule has 4 nitrogen and oxygen atoms in total. The van der Waals surface area contributed by atoms with E-state index in [1.54, 1.807) is 18.2 Å². The van der Waals surface area contributed by atoms with Gasteiger partial charge in [-0.15, -0.1) is 0 Å². The predicted octanol–water partition coefficient (Wildman–Crippen LogP) is 5.08. The predicted molar refractivity (Wildman–Crippen MR) is 102 cm³/mol. The van der Waals surface area contributed by atoms with Gasteiger partial charge in [-0.2, -0.15) is 0 Å². The minimum atomic E-state index is -0.351. The molecule has 1 heterocycles. The van der Waals surface area contributed by atoms with Gasteiger partial charge >= 0.3 is 0 Å². The number of nitrogens with zero attached hydrogens (tertiary/aromatic N) is 1. The van der Waals surface area contributed by atoms with E-state index in [2.05, 4.69) is 10.2 Å². The van der Waals surface area contributed by atoms with Crippen molar-refractivity contribution in [2.45, 2.75) is 12.8 Å². The zero-order valence-corrected chi connectivity index (χ0v) is 15.0. The van der Waals surface area contributed by atoms with Crippen LogP contribution in [0.1, 0.15) is 23.2 Å². The lowest BCUT2D eigenvalue weighted by Crippen LogP contribution is -2.20. The molecule has 0 unspecified atom stereocenters. The van der Waals surface area contributed by atoms with Crippen molar-refractivity contribution in [3.63, 3.8) is 0 Å². The summed E-state index contributed by atoms with van der Waals surface area (Å²) in [6, 6.07) is 8.19. The third kappa shape index (κ3) is 3.56. The Balaban J connectivity index is 1.88. The van der Waals surface area contributed by atoms with Crippen molar-refractivity contribution >= 4 is 57.8 Å². The molecule has 126 valence electrons. The summed E-state index contributed by atoms with van der Waals surface area (Å²) in [6.07, 6.45) is 2.26. The number of carbonyl (C=O) groups excluding carboxylic acids is 1. The first-order valence-electron chi connectivity index (χ1n) is 7.56. The molecule has 1 aliphatic rings. The van der Waals surface area contributed by atoms with E-state index in [4.69, 9.17) is 40.5 Å². The van der Waals surface area contributed by atoms with Gasteiger partial charge in [0.1, 0.15) is 0 Å². The smallest absolute Gasteiger partial charge is 0.257 e. The summed E-state index contributed by atoms with van der Waals surface area (Å²) in [6.45, 7) is 1.89. The van der Waals surface area contributed by atoms with E-state index in [0.717, 1.165) is 31.6 Å². The summed E-state index contributed by atoms with van der Waals surface area (Å²) >= 11 is 18.2. The van der Waals surface area contributed by atoms with Crippen LogP contribution in [0.4, 0.5) is 17.1 Å². The van der Waals surface area contributed by atoms with Gasteiger partial charge in [0.05, 0.1) is 32.7 Å². The summed E-state index contributed by atoms with van der Waals surface area (Å²) in [5.41, 5.74) is 8.40. The maximum atomic E-state index is 12.5. The van der Waals surface area contributed by atoms with Crippen LogP contribution in [-0.4, -0.2) is 19.0 Å². The maximum Gasteiger partial charge on any atom is 0.257 e. The maximum absolute atomic E-state index is 12.5. The number of hydrogen-bond donors (Lipinski definition) is 2. The second-order valence-corrected chi connectivity index (χ2v) is 6.91. The highest BCUT2D eigenvalue weighted by atomic mass is 35.5. The van der Waals surface area contributed by atoms with Crippen LogP contribution in [0.25, 0.3) is 0 Å². The number of benzene rings is 2. The van der Waals surface area contributed by atoms with Gasteiger partial charge in [0.25, 0.3) is 5.91 Å². The highest BCUT2D eigenvalue weighted by Gasteiger charge is 2.18. The van der Waals surface area contributed by atoms with Crippen molar-refractivity contribution in [2.24, 2.45) is 0 Å². The van der Waals surface area contributed by atoms with Crippen LogP contribution in [0.3, 0.4) is 0 Å². The fourth-order valence-corrected chi connectivity index (χ4v) is 3.48. The average Bonchev–Trinajstić information content (AvgIpc) is 3.03. The molecule has 1 saturated heterocycles. The molecule has 3 rings (SSSR count). The molecular weight excluding hydrogens is 369 g/mol. The van der Waals surface area contributed by atoms with E-state index >= 15 is 0 Å². The van der Waals surface area contributed by atoms with Crippen LogP contribution in [0.2, 0.25) is 15.1 Å². The zero-order valence-electron chi connectivity index (χ0n) is 12.8. The SMILES string of the molecule is Nc1cc(Cl)c(NC(=O)c2ccc(Cl)cc2Cl)cc1N1CCCC1. The summed E-state index contributed by atoms with van der Waals surface area (Å²) in [5.74, 6) is -0.351. The first-order valence-corrected chi connectivity index (χ1v) is 8.69. The van der Waals surface area contributed by atoms with E-state index in [1.807, 2.05) is 6.07 Å². The van der Waals surface area contributed by atoms with Crippen molar-refractivity contribution in [2.75, 3.05) is 29.0 Å². The Hall–Kier alpha value is -1.62. The van der Waals surface area contributed by atoms with Crippen LogP contribution < -0.4 is 16.0 Å². The van der Waals surface area contributed by atoms with Crippen LogP contribution in [0.15, 0.2) is 30.3 Å². The molecule has 2 aromatic carbocycles. The summed E-state index contributed by atoms with van der Waals surface area (Å²) < 4.78 is 0. The standard InChI is InChI=1S/C17H16Cl3N3O/c18-10-3-4-11(12(19)7-10)17(24)22-15-9-16(14(21)8-13(15)20)23-5-1-2-6-23/h3-4,7-9H,1-2,5-6,21H2,(H,22,24). The van der Waals surface area contributed by atoms with Gasteiger partial charge < -0.3 is 16.0 Å². The molecule has 0 atom stereocenters. The summed E-state index contributed by atoms with van der Waals surface area (Å²) in [5, 5.41) is 3.93. The Morgan fingerprint density at radius 1 is 1.04 bits per heavy atom. The van der Waals surface area contributed by atoms with Gasteiger partial charge in [-0.25, -0.2) is 0 Å². The molecular formula is C17H16Cl3N3O. The Morgan fingerprint density at radius 3 is 2.42 bits per heavy atom. The van der Waals surface area contributed by atoms with Gasteiger partial charge in [-0.1, -0.05) is 34.8 Å². The quantitative estimate of drug-likeness (QED) is 0.725. The second kappa shape index (κ2) is 7.09. The van der Waals surface area contributed by atoms with Crippen LogP contribution >= 0.6 is 34.8 Å². The minimum absolute atomic E-state index is 0.284. The number of carbonyl (C=O) groups is 1. The number of hydrogen-bond acceptors (Lipinski definition) is 3. The average molecular weight is 385 g/mol. The molecule has 24 heavy (non-hydrogen) atoms. The van der Waals surface area contributed by atoms with Crippen molar-refractivity contribution < 1.29 is 4.79 Å². The third-order valence-corrected chi connectivity index (χ3v) is 4.85. The lowest BCUT2D eigenvalue weighted by Gasteiger charge is -2.21. The van der Waals surface area contributed by atoms with Crippen LogP contribution in [-0.2, 0) is 0 Å². The fourth-order valence-electron chi connectivity index (χ4n) is 2.77. The highest BCUT2D eigenvalue weighted by Crippen LogP contribution is 2.35. The van der Waals surface area contributed by atoms with Crippen LogP contribution in [0, 0.1) is 0 Å². The number of rotatable bonds is 3. The topological polar surface area (TPSA) is 58.4 Å². The molecule has 1 amide bonds. The Kier molecular flexibility index (Phi) is 5.09. The number of nitrogens with two attached hydrogens (primary N) is 1. The third-order valence-electron chi connectivity index (χ3n) is 3.99. The van der Waals surface area contributed by atoms with E-state index in [9.17, 15) is 4.79 Å². The number of nitrogen functional groups attached to an aromatic ring is 1. The molecule has 1 aliphatic heterocycles. The van der Waals surface area contributed by atoms with Crippen LogP contribution in [0.5, 0.6) is 0 Å². The molecule has 7 heteroatoms. The summed E-state index contributed by atoms with van der Waals surface area (Å²) in [4.78, 5) is 14.7. The minimum Gasteiger partial charge on any atom is -0.397 e. The normalized spacial score (nSPS) is 14.0. The summed E-state index contributed by atoms with van der Waals surface area (Å²) in [7, 11) is 0. The van der Waals surface area contributed by atoms with Crippen molar-refractivity contribution in [1.29, 1.82) is 0 Å². The lowest BCUT2D eigenvalue weighted by atomic mass is 10.2. The van der Waals surface area contributed by atoms with E-state index in [0.29, 0.717) is 27.0 Å². The Morgan fingerprint density at radius 2 is 1.75 bits per heavy atom. The van der Waals surface area contributed by atoms with Gasteiger partial charge in [-0.05, 0) is 43.2 Å². The van der Waals surface area contributed by atoms with E-state index in [1.165, 1.54) is 6.07 Å². The monoisotopic (exact) mass is 383 g/mol. The van der Waals surface area contributed by atoms with Crippen molar-refractivity contribution in [1.82, 2.24) is 0 Å². The number of nitrogens with one attached hydrogen (secondary N) is 1. The molecule has 0 spiro atoms. The molecule has 0 saturated carbocycles. The van der Waals surface area contributed by atoms with E-state index in [-0.39, 0.29) is 10.9 Å². The van der Waals surface area contributed by atoms with Crippen molar-refractivity contribution in [3.05, 3.63) is 51.0 Å². The Labute approximate surface area is 155 Å². The molecule has 2 aromatic rings. The molecule has 3 N–H and O–H groups in total. The molecule has 0 radical (unpaired) electrons. The highest BCUT2D eigenvalue weighted by molar-refractivity contribution is 6.38. The first kappa shape index (κ1) is 17.2. The molecule has 0 bridgehead atoms. The van der Waals surface area contributed by atoms with E-state index < -0.39 is 0 Å². The van der Waals surface area contributed by atoms with Gasteiger partial charge in [0, 0.05) is 18.1 Å². The first-order chi connectivity index (χ1) is 11.5. The Bertz CT molecular complexity index is 789. The number of halogens is 3. The largest absolute Gasteiger partial charge is 0.397 e. The van der Waals surface area contributed by atoms with Gasteiger partial charge in [0.15, 0.2) is 0 Å².